The molecule has 0 saturated heterocycles. The third-order valence-corrected chi connectivity index (χ3v) is 5.19. The third kappa shape index (κ3) is 4.17. The Hall–Kier alpha value is -2.52. The quantitative estimate of drug-likeness (QED) is 0.264. The molecule has 134 valence electrons. The number of nitrogens with zero attached hydrogens (tertiary/aromatic N) is 2. The maximum absolute atomic E-state index is 13.6. The van der Waals surface area contributed by atoms with Gasteiger partial charge in [0.2, 0.25) is 0 Å². The average Bonchev–Trinajstić information content (AvgIpc) is 3.13. The van der Waals surface area contributed by atoms with Crippen LogP contribution in [0.1, 0.15) is 10.4 Å². The lowest BCUT2D eigenvalue weighted by Gasteiger charge is -2.06. The van der Waals surface area contributed by atoms with Gasteiger partial charge in [-0.05, 0) is 29.6 Å². The standard InChI is InChI=1S/C17H13FN2O4S2/c1-23-14-3-2-10(6-12(14)18)13(21)7-24-15(22)8-26-17-11-4-5-25-16(11)19-9-20-17/h2-6,9H,7-8H2,1H3. The van der Waals surface area contributed by atoms with Crippen LogP contribution in [0.25, 0.3) is 10.2 Å². The van der Waals surface area contributed by atoms with Crippen LogP contribution in [0.2, 0.25) is 0 Å². The van der Waals surface area contributed by atoms with Crippen molar-refractivity contribution >= 4 is 45.1 Å². The summed E-state index contributed by atoms with van der Waals surface area (Å²) in [6.07, 6.45) is 1.44. The second-order valence-corrected chi connectivity index (χ2v) is 6.90. The monoisotopic (exact) mass is 392 g/mol. The number of ketones is 1. The fraction of sp³-hybridized carbons (Fsp3) is 0.176. The molecule has 0 unspecified atom stereocenters. The number of thiophene rings is 1. The zero-order valence-corrected chi connectivity index (χ0v) is 15.2. The molecular weight excluding hydrogens is 379 g/mol. The average molecular weight is 392 g/mol. The smallest absolute Gasteiger partial charge is 0.316 e. The third-order valence-electron chi connectivity index (χ3n) is 3.39. The van der Waals surface area contributed by atoms with E-state index in [9.17, 15) is 14.0 Å². The van der Waals surface area contributed by atoms with Gasteiger partial charge < -0.3 is 9.47 Å². The van der Waals surface area contributed by atoms with Gasteiger partial charge in [0.25, 0.3) is 0 Å². The highest BCUT2D eigenvalue weighted by Crippen LogP contribution is 2.27. The molecule has 0 atom stereocenters. The second kappa shape index (κ2) is 8.24. The van der Waals surface area contributed by atoms with E-state index in [1.54, 1.807) is 0 Å². The van der Waals surface area contributed by atoms with Crippen molar-refractivity contribution < 1.29 is 23.5 Å². The van der Waals surface area contributed by atoms with Gasteiger partial charge in [0, 0.05) is 10.9 Å². The Morgan fingerprint density at radius 2 is 2.12 bits per heavy atom. The van der Waals surface area contributed by atoms with Crippen LogP contribution in [0.5, 0.6) is 5.75 Å². The number of carbonyl (C=O) groups is 2. The summed E-state index contributed by atoms with van der Waals surface area (Å²) >= 11 is 2.70. The van der Waals surface area contributed by atoms with E-state index in [1.165, 1.54) is 48.7 Å². The Morgan fingerprint density at radius 3 is 2.88 bits per heavy atom. The molecule has 0 spiro atoms. The summed E-state index contributed by atoms with van der Waals surface area (Å²) in [6, 6.07) is 5.70. The fourth-order valence-electron chi connectivity index (χ4n) is 2.12. The number of carbonyl (C=O) groups excluding carboxylic acids is 2. The highest BCUT2D eigenvalue weighted by atomic mass is 32.2. The number of hydrogen-bond acceptors (Lipinski definition) is 8. The molecule has 0 saturated carbocycles. The number of hydrogen-bond donors (Lipinski definition) is 0. The normalized spacial score (nSPS) is 10.7. The minimum atomic E-state index is -0.649. The lowest BCUT2D eigenvalue weighted by molar-refractivity contribution is -0.139. The van der Waals surface area contributed by atoms with Gasteiger partial charge in [-0.1, -0.05) is 11.8 Å². The van der Waals surface area contributed by atoms with E-state index in [4.69, 9.17) is 9.47 Å². The predicted octanol–water partition coefficient (Wildman–Crippen LogP) is 3.36. The molecule has 0 aliphatic heterocycles. The summed E-state index contributed by atoms with van der Waals surface area (Å²) in [7, 11) is 1.33. The summed E-state index contributed by atoms with van der Waals surface area (Å²) < 4.78 is 23.4. The molecule has 0 N–H and O–H groups in total. The lowest BCUT2D eigenvalue weighted by Crippen LogP contribution is -2.15. The van der Waals surface area contributed by atoms with Crippen LogP contribution >= 0.6 is 23.1 Å². The van der Waals surface area contributed by atoms with Crippen molar-refractivity contribution in [3.05, 3.63) is 47.4 Å². The Bertz CT molecular complexity index is 961. The Labute approximate surface area is 156 Å². The molecule has 26 heavy (non-hydrogen) atoms. The van der Waals surface area contributed by atoms with Crippen LogP contribution in [0.4, 0.5) is 4.39 Å². The van der Waals surface area contributed by atoms with Crippen molar-refractivity contribution in [2.75, 3.05) is 19.5 Å². The van der Waals surface area contributed by atoms with E-state index in [0.29, 0.717) is 5.03 Å². The number of benzene rings is 1. The largest absolute Gasteiger partial charge is 0.494 e. The molecule has 3 rings (SSSR count). The summed E-state index contributed by atoms with van der Waals surface area (Å²) in [5, 5.41) is 3.45. The topological polar surface area (TPSA) is 78.4 Å². The number of halogens is 1. The summed E-state index contributed by atoms with van der Waals surface area (Å²) in [5.74, 6) is -1.65. The second-order valence-electron chi connectivity index (χ2n) is 5.04. The molecule has 1 aromatic carbocycles. The van der Waals surface area contributed by atoms with Crippen LogP contribution in [0, 0.1) is 5.82 Å². The van der Waals surface area contributed by atoms with Gasteiger partial charge in [-0.2, -0.15) is 0 Å². The first-order valence-electron chi connectivity index (χ1n) is 7.42. The van der Waals surface area contributed by atoms with E-state index in [0.717, 1.165) is 16.3 Å². The molecule has 2 heterocycles. The Kier molecular flexibility index (Phi) is 5.79. The SMILES string of the molecule is COc1ccc(C(=O)COC(=O)CSc2ncnc3sccc23)cc1F. The zero-order chi connectivity index (χ0) is 18.5. The summed E-state index contributed by atoms with van der Waals surface area (Å²) in [6.45, 7) is -0.456. The van der Waals surface area contributed by atoms with Gasteiger partial charge in [0.15, 0.2) is 24.0 Å². The number of methoxy groups -OCH3 is 1. The molecule has 9 heteroatoms. The molecular formula is C17H13FN2O4S2. The Balaban J connectivity index is 1.53. The molecule has 0 amide bonds. The number of fused-ring (bicyclic) bond motifs is 1. The van der Waals surface area contributed by atoms with Crippen LogP contribution in [-0.4, -0.2) is 41.2 Å². The molecule has 0 bridgehead atoms. The van der Waals surface area contributed by atoms with Gasteiger partial charge in [0.05, 0.1) is 12.9 Å². The van der Waals surface area contributed by atoms with Gasteiger partial charge >= 0.3 is 5.97 Å². The van der Waals surface area contributed by atoms with Crippen LogP contribution in [0.3, 0.4) is 0 Å². The minimum absolute atomic E-state index is 0.00616. The number of Topliss-reactive ketones (excluding diaryl/α,β-unsaturated/α-hetero) is 1. The molecule has 2 aromatic heterocycles. The van der Waals surface area contributed by atoms with Crippen LogP contribution in [-0.2, 0) is 9.53 Å². The van der Waals surface area contributed by atoms with Crippen molar-refractivity contribution in [2.24, 2.45) is 0 Å². The van der Waals surface area contributed by atoms with Gasteiger partial charge in [-0.3, -0.25) is 9.59 Å². The molecule has 0 radical (unpaired) electrons. The van der Waals surface area contributed by atoms with Crippen LogP contribution < -0.4 is 4.74 Å². The number of aromatic nitrogens is 2. The van der Waals surface area contributed by atoms with Crippen molar-refractivity contribution in [3.8, 4) is 5.75 Å². The first-order chi connectivity index (χ1) is 12.6. The van der Waals surface area contributed by atoms with Crippen LogP contribution in [0.15, 0.2) is 41.0 Å². The van der Waals surface area contributed by atoms with Crippen molar-refractivity contribution in [3.63, 3.8) is 0 Å². The predicted molar refractivity (Wildman–Crippen MR) is 96.4 cm³/mol. The number of esters is 1. The maximum atomic E-state index is 13.6. The van der Waals surface area contributed by atoms with E-state index in [2.05, 4.69) is 9.97 Å². The van der Waals surface area contributed by atoms with Crippen molar-refractivity contribution in [1.82, 2.24) is 9.97 Å². The number of rotatable bonds is 7. The van der Waals surface area contributed by atoms with E-state index < -0.39 is 24.2 Å². The first-order valence-corrected chi connectivity index (χ1v) is 9.28. The van der Waals surface area contributed by atoms with E-state index in [-0.39, 0.29) is 17.1 Å². The van der Waals surface area contributed by atoms with Gasteiger partial charge in [-0.25, -0.2) is 14.4 Å². The molecule has 0 aliphatic rings. The highest BCUT2D eigenvalue weighted by Gasteiger charge is 2.14. The highest BCUT2D eigenvalue weighted by molar-refractivity contribution is 8.00. The Morgan fingerprint density at radius 1 is 1.27 bits per heavy atom. The fourth-order valence-corrected chi connectivity index (χ4v) is 3.70. The molecule has 6 nitrogen and oxygen atoms in total. The van der Waals surface area contributed by atoms with E-state index in [1.807, 2.05) is 11.4 Å². The van der Waals surface area contributed by atoms with Gasteiger partial charge in [-0.15, -0.1) is 11.3 Å². The van der Waals surface area contributed by atoms with Crippen molar-refractivity contribution in [2.45, 2.75) is 5.03 Å². The number of thioether (sulfide) groups is 1. The number of ether oxygens (including phenoxy) is 2. The first kappa shape index (κ1) is 18.3. The van der Waals surface area contributed by atoms with Crippen molar-refractivity contribution in [1.29, 1.82) is 0 Å². The van der Waals surface area contributed by atoms with Gasteiger partial charge in [0.1, 0.15) is 16.2 Å². The summed E-state index contributed by atoms with van der Waals surface area (Å²) in [5.41, 5.74) is 0.111. The molecule has 0 aliphatic carbocycles. The zero-order valence-electron chi connectivity index (χ0n) is 13.6. The minimum Gasteiger partial charge on any atom is -0.494 e. The molecule has 3 aromatic rings. The summed E-state index contributed by atoms with van der Waals surface area (Å²) in [4.78, 5) is 33.0. The maximum Gasteiger partial charge on any atom is 0.316 e. The van der Waals surface area contributed by atoms with E-state index >= 15 is 0 Å². The lowest BCUT2D eigenvalue weighted by atomic mass is 10.1. The molecule has 0 fully saturated rings.